The number of fused-ring (bicyclic) bond motifs is 1. The van der Waals surface area contributed by atoms with E-state index in [0.29, 0.717) is 6.04 Å². The molecule has 2 aromatic rings. The Bertz CT molecular complexity index is 620. The zero-order chi connectivity index (χ0) is 14.9. The molecule has 4 nitrogen and oxygen atoms in total. The molecule has 1 N–H and O–H groups in total. The van der Waals surface area contributed by atoms with Crippen molar-refractivity contribution >= 4 is 0 Å². The Morgan fingerprint density at radius 2 is 2.14 bits per heavy atom. The number of nitrogens with one attached hydrogen (secondary N) is 1. The fourth-order valence-corrected chi connectivity index (χ4v) is 3.76. The van der Waals surface area contributed by atoms with Crippen molar-refractivity contribution in [3.63, 3.8) is 0 Å². The van der Waals surface area contributed by atoms with Gasteiger partial charge in [0.05, 0.1) is 17.4 Å². The lowest BCUT2D eigenvalue weighted by Crippen LogP contribution is -2.24. The lowest BCUT2D eigenvalue weighted by Gasteiger charge is -2.22. The van der Waals surface area contributed by atoms with Gasteiger partial charge in [-0.05, 0) is 63.6 Å². The minimum absolute atomic E-state index is 0.439. The largest absolute Gasteiger partial charge is 0.344 e. The van der Waals surface area contributed by atoms with E-state index in [9.17, 15) is 0 Å². The zero-order valence-electron chi connectivity index (χ0n) is 13.3. The zero-order valence-corrected chi connectivity index (χ0v) is 13.3. The first-order chi connectivity index (χ1) is 10.8. The molecule has 0 radical (unpaired) electrons. The van der Waals surface area contributed by atoms with Crippen LogP contribution in [0.2, 0.25) is 0 Å². The Hall–Kier alpha value is -1.68. The van der Waals surface area contributed by atoms with Gasteiger partial charge in [-0.1, -0.05) is 6.07 Å². The van der Waals surface area contributed by atoms with Gasteiger partial charge >= 0.3 is 0 Å². The predicted molar refractivity (Wildman–Crippen MR) is 86.6 cm³/mol. The number of hydrogen-bond donors (Lipinski definition) is 1. The van der Waals surface area contributed by atoms with Crippen molar-refractivity contribution in [1.29, 1.82) is 0 Å². The van der Waals surface area contributed by atoms with Crippen LogP contribution in [-0.4, -0.2) is 26.4 Å². The molecule has 0 spiro atoms. The molecule has 2 aromatic heterocycles. The molecule has 0 amide bonds. The van der Waals surface area contributed by atoms with E-state index < -0.39 is 0 Å². The van der Waals surface area contributed by atoms with Crippen LogP contribution in [0.3, 0.4) is 0 Å². The summed E-state index contributed by atoms with van der Waals surface area (Å²) in [6, 6.07) is 4.74. The van der Waals surface area contributed by atoms with Crippen molar-refractivity contribution < 1.29 is 0 Å². The molecule has 4 heteroatoms. The Balaban J connectivity index is 1.53. The van der Waals surface area contributed by atoms with Gasteiger partial charge in [0.1, 0.15) is 5.82 Å². The molecule has 1 fully saturated rings. The lowest BCUT2D eigenvalue weighted by molar-refractivity contribution is 0.238. The van der Waals surface area contributed by atoms with Gasteiger partial charge < -0.3 is 4.98 Å². The van der Waals surface area contributed by atoms with Crippen LogP contribution >= 0.6 is 0 Å². The quantitative estimate of drug-likeness (QED) is 0.945. The van der Waals surface area contributed by atoms with Crippen LogP contribution < -0.4 is 0 Å². The maximum atomic E-state index is 4.92. The minimum atomic E-state index is 0.439. The second-order valence-electron chi connectivity index (χ2n) is 6.71. The summed E-state index contributed by atoms with van der Waals surface area (Å²) in [6.07, 6.45) is 9.34. The van der Waals surface area contributed by atoms with Gasteiger partial charge in [-0.25, -0.2) is 4.98 Å². The number of H-pyrrole nitrogens is 1. The number of aromatic nitrogens is 3. The highest BCUT2D eigenvalue weighted by Crippen LogP contribution is 2.33. The lowest BCUT2D eigenvalue weighted by atomic mass is 10.0. The van der Waals surface area contributed by atoms with E-state index in [-0.39, 0.29) is 0 Å². The number of imidazole rings is 1. The topological polar surface area (TPSA) is 44.8 Å². The Morgan fingerprint density at radius 3 is 2.95 bits per heavy atom. The molecule has 1 atom stereocenters. The summed E-state index contributed by atoms with van der Waals surface area (Å²) in [4.78, 5) is 15.6. The van der Waals surface area contributed by atoms with Gasteiger partial charge in [-0.3, -0.25) is 9.88 Å². The third-order valence-corrected chi connectivity index (χ3v) is 4.99. The number of aromatic amines is 1. The van der Waals surface area contributed by atoms with Crippen molar-refractivity contribution in [2.24, 2.45) is 0 Å². The summed E-state index contributed by atoms with van der Waals surface area (Å²) in [5.74, 6) is 1.19. The molecule has 0 saturated carbocycles. The molecular formula is C18H24N4. The fraction of sp³-hybridized carbons (Fsp3) is 0.556. The van der Waals surface area contributed by atoms with Crippen LogP contribution in [0, 0.1) is 6.92 Å². The van der Waals surface area contributed by atoms with Crippen LogP contribution in [0.4, 0.5) is 0 Å². The van der Waals surface area contributed by atoms with E-state index in [4.69, 9.17) is 4.98 Å². The first kappa shape index (κ1) is 13.9. The number of rotatable bonds is 3. The summed E-state index contributed by atoms with van der Waals surface area (Å²) in [5, 5.41) is 0. The first-order valence-corrected chi connectivity index (χ1v) is 8.53. The average molecular weight is 296 g/mol. The van der Waals surface area contributed by atoms with Gasteiger partial charge in [0.15, 0.2) is 0 Å². The van der Waals surface area contributed by atoms with Crippen LogP contribution in [0.15, 0.2) is 18.3 Å². The number of likely N-dealkylation sites (tertiary alicyclic amines) is 1. The number of pyridine rings is 1. The van der Waals surface area contributed by atoms with Crippen molar-refractivity contribution in [2.45, 2.75) is 58.0 Å². The van der Waals surface area contributed by atoms with Crippen molar-refractivity contribution in [1.82, 2.24) is 19.9 Å². The molecule has 3 heterocycles. The maximum Gasteiger partial charge on any atom is 0.124 e. The molecule has 0 bridgehead atoms. The van der Waals surface area contributed by atoms with Gasteiger partial charge in [0.2, 0.25) is 0 Å². The van der Waals surface area contributed by atoms with Gasteiger partial charge in [-0.15, -0.1) is 0 Å². The highest BCUT2D eigenvalue weighted by molar-refractivity contribution is 5.20. The molecular weight excluding hydrogens is 272 g/mol. The van der Waals surface area contributed by atoms with Gasteiger partial charge in [0.25, 0.3) is 0 Å². The van der Waals surface area contributed by atoms with E-state index in [1.807, 2.05) is 6.20 Å². The molecule has 0 unspecified atom stereocenters. The molecule has 22 heavy (non-hydrogen) atoms. The molecule has 0 aromatic carbocycles. The normalized spacial score (nSPS) is 22.0. The first-order valence-electron chi connectivity index (χ1n) is 8.53. The summed E-state index contributed by atoms with van der Waals surface area (Å²) >= 11 is 0. The highest BCUT2D eigenvalue weighted by Gasteiger charge is 2.29. The predicted octanol–water partition coefficient (Wildman–Crippen LogP) is 3.33. The highest BCUT2D eigenvalue weighted by atomic mass is 15.2. The van der Waals surface area contributed by atoms with Gasteiger partial charge in [0, 0.05) is 18.4 Å². The van der Waals surface area contributed by atoms with E-state index >= 15 is 0 Å². The summed E-state index contributed by atoms with van der Waals surface area (Å²) < 4.78 is 0. The second-order valence-corrected chi connectivity index (χ2v) is 6.71. The van der Waals surface area contributed by atoms with Crippen LogP contribution in [0.25, 0.3) is 0 Å². The fourth-order valence-electron chi connectivity index (χ4n) is 3.76. The van der Waals surface area contributed by atoms with Crippen LogP contribution in [0.1, 0.15) is 60.2 Å². The molecule has 116 valence electrons. The van der Waals surface area contributed by atoms with Crippen molar-refractivity contribution in [3.8, 4) is 0 Å². The number of aryl methyl sites for hydroxylation is 3. The third kappa shape index (κ3) is 2.68. The number of nitrogens with zero attached hydrogens (tertiary/aromatic N) is 3. The van der Waals surface area contributed by atoms with E-state index in [0.717, 1.165) is 25.2 Å². The maximum absolute atomic E-state index is 4.92. The van der Waals surface area contributed by atoms with E-state index in [2.05, 4.69) is 33.9 Å². The van der Waals surface area contributed by atoms with E-state index in [1.165, 1.54) is 54.9 Å². The Kier molecular flexibility index (Phi) is 3.70. The molecule has 1 aliphatic heterocycles. The monoisotopic (exact) mass is 296 g/mol. The van der Waals surface area contributed by atoms with E-state index in [1.54, 1.807) is 0 Å². The second kappa shape index (κ2) is 5.84. The number of hydrogen-bond acceptors (Lipinski definition) is 3. The average Bonchev–Trinajstić information content (AvgIpc) is 3.15. The van der Waals surface area contributed by atoms with Crippen LogP contribution in [0.5, 0.6) is 0 Å². The Labute approximate surface area is 132 Å². The summed E-state index contributed by atoms with van der Waals surface area (Å²) in [6.45, 7) is 4.16. The van der Waals surface area contributed by atoms with Crippen molar-refractivity contribution in [2.75, 3.05) is 6.54 Å². The minimum Gasteiger partial charge on any atom is -0.344 e. The molecule has 4 rings (SSSR count). The van der Waals surface area contributed by atoms with Crippen molar-refractivity contribution in [3.05, 3.63) is 46.8 Å². The standard InChI is InChI=1S/C18H24N4/c1-13-8-9-14(19-11-13)12-22-10-4-7-17(22)18-20-15-5-2-3-6-16(15)21-18/h8-9,11,17H,2-7,10,12H2,1H3,(H,20,21)/t17-/m1/s1. The SMILES string of the molecule is Cc1ccc(CN2CCC[C@@H]2c2nc3c([nH]2)CCCC3)nc1. The third-order valence-electron chi connectivity index (χ3n) is 4.99. The summed E-state index contributed by atoms with van der Waals surface area (Å²) in [5.41, 5.74) is 5.09. The van der Waals surface area contributed by atoms with Gasteiger partial charge in [-0.2, -0.15) is 0 Å². The smallest absolute Gasteiger partial charge is 0.124 e. The molecule has 1 saturated heterocycles. The van der Waals surface area contributed by atoms with Crippen LogP contribution in [-0.2, 0) is 19.4 Å². The molecule has 1 aliphatic carbocycles. The summed E-state index contributed by atoms with van der Waals surface area (Å²) in [7, 11) is 0. The Morgan fingerprint density at radius 1 is 1.23 bits per heavy atom. The molecule has 2 aliphatic rings.